The van der Waals surface area contributed by atoms with Crippen LogP contribution in [0.2, 0.25) is 0 Å². The normalized spacial score (nSPS) is 18.5. The molecule has 1 saturated heterocycles. The molecule has 1 fully saturated rings. The van der Waals surface area contributed by atoms with Crippen LogP contribution in [0, 0.1) is 0 Å². The third-order valence-electron chi connectivity index (χ3n) is 4.49. The predicted molar refractivity (Wildman–Crippen MR) is 89.4 cm³/mol. The smallest absolute Gasteiger partial charge is 0.223 e. The molecule has 0 spiro atoms. The van der Waals surface area contributed by atoms with Crippen LogP contribution in [-0.4, -0.2) is 16.8 Å². The molecule has 0 radical (unpaired) electrons. The van der Waals surface area contributed by atoms with Gasteiger partial charge >= 0.3 is 0 Å². The van der Waals surface area contributed by atoms with Gasteiger partial charge in [0.2, 0.25) is 5.91 Å². The molecule has 0 bridgehead atoms. The van der Waals surface area contributed by atoms with Gasteiger partial charge in [-0.05, 0) is 36.8 Å². The SMILES string of the molecule is O=C1CCCC(CCc2ccccc2)N1Cc1ccccc1. The summed E-state index contributed by atoms with van der Waals surface area (Å²) >= 11 is 0. The lowest BCUT2D eigenvalue weighted by atomic mass is 9.95. The summed E-state index contributed by atoms with van der Waals surface area (Å²) in [6.45, 7) is 0.749. The van der Waals surface area contributed by atoms with Crippen molar-refractivity contribution in [3.8, 4) is 0 Å². The average molecular weight is 293 g/mol. The van der Waals surface area contributed by atoms with Gasteiger partial charge < -0.3 is 4.90 Å². The summed E-state index contributed by atoms with van der Waals surface area (Å²) in [4.78, 5) is 14.4. The van der Waals surface area contributed by atoms with Crippen LogP contribution in [0.3, 0.4) is 0 Å². The van der Waals surface area contributed by atoms with Gasteiger partial charge in [0.05, 0.1) is 0 Å². The predicted octanol–water partition coefficient (Wildman–Crippen LogP) is 4.20. The molecule has 1 heterocycles. The third-order valence-corrected chi connectivity index (χ3v) is 4.49. The van der Waals surface area contributed by atoms with Crippen LogP contribution in [0.5, 0.6) is 0 Å². The Morgan fingerprint density at radius 1 is 0.909 bits per heavy atom. The zero-order valence-corrected chi connectivity index (χ0v) is 12.9. The van der Waals surface area contributed by atoms with Crippen molar-refractivity contribution in [1.82, 2.24) is 4.90 Å². The molecule has 0 saturated carbocycles. The van der Waals surface area contributed by atoms with Crippen LogP contribution in [0.4, 0.5) is 0 Å². The van der Waals surface area contributed by atoms with Crippen LogP contribution in [0.15, 0.2) is 60.7 Å². The van der Waals surface area contributed by atoms with E-state index >= 15 is 0 Å². The van der Waals surface area contributed by atoms with E-state index < -0.39 is 0 Å². The van der Waals surface area contributed by atoms with Crippen molar-refractivity contribution in [3.05, 3.63) is 71.8 Å². The first kappa shape index (κ1) is 14.8. The quantitative estimate of drug-likeness (QED) is 0.809. The van der Waals surface area contributed by atoms with Gasteiger partial charge in [0.1, 0.15) is 0 Å². The first-order valence-corrected chi connectivity index (χ1v) is 8.20. The molecule has 0 N–H and O–H groups in total. The summed E-state index contributed by atoms with van der Waals surface area (Å²) in [7, 11) is 0. The lowest BCUT2D eigenvalue weighted by Gasteiger charge is -2.36. The van der Waals surface area contributed by atoms with E-state index in [4.69, 9.17) is 0 Å². The first-order chi connectivity index (χ1) is 10.8. The molecule has 1 aliphatic heterocycles. The number of rotatable bonds is 5. The third kappa shape index (κ3) is 3.76. The van der Waals surface area contributed by atoms with Crippen molar-refractivity contribution in [2.24, 2.45) is 0 Å². The largest absolute Gasteiger partial charge is 0.335 e. The van der Waals surface area contributed by atoms with Crippen LogP contribution in [0.1, 0.15) is 36.8 Å². The molecule has 0 aromatic heterocycles. The molecule has 3 rings (SSSR count). The fourth-order valence-corrected chi connectivity index (χ4v) is 3.27. The second kappa shape index (κ2) is 7.26. The monoisotopic (exact) mass is 293 g/mol. The second-order valence-corrected chi connectivity index (χ2v) is 6.08. The Balaban J connectivity index is 1.66. The fraction of sp³-hybridized carbons (Fsp3) is 0.350. The Hall–Kier alpha value is -2.09. The van der Waals surface area contributed by atoms with Crippen LogP contribution in [-0.2, 0) is 17.8 Å². The van der Waals surface area contributed by atoms with Crippen molar-refractivity contribution >= 4 is 5.91 Å². The molecule has 22 heavy (non-hydrogen) atoms. The van der Waals surface area contributed by atoms with Gasteiger partial charge in [0.25, 0.3) is 0 Å². The Morgan fingerprint density at radius 2 is 1.55 bits per heavy atom. The van der Waals surface area contributed by atoms with E-state index in [1.54, 1.807) is 0 Å². The van der Waals surface area contributed by atoms with E-state index in [-0.39, 0.29) is 0 Å². The highest BCUT2D eigenvalue weighted by Crippen LogP contribution is 2.24. The highest BCUT2D eigenvalue weighted by atomic mass is 16.2. The van der Waals surface area contributed by atoms with Gasteiger partial charge in [-0.1, -0.05) is 60.7 Å². The van der Waals surface area contributed by atoms with Crippen molar-refractivity contribution in [2.75, 3.05) is 0 Å². The first-order valence-electron chi connectivity index (χ1n) is 8.20. The van der Waals surface area contributed by atoms with E-state index in [9.17, 15) is 4.79 Å². The lowest BCUT2D eigenvalue weighted by molar-refractivity contribution is -0.137. The molecule has 114 valence electrons. The molecule has 1 atom stereocenters. The van der Waals surface area contributed by atoms with E-state index in [0.717, 1.165) is 32.2 Å². The number of hydrogen-bond acceptors (Lipinski definition) is 1. The minimum absolute atomic E-state index is 0.313. The zero-order valence-electron chi connectivity index (χ0n) is 12.9. The maximum atomic E-state index is 12.3. The summed E-state index contributed by atoms with van der Waals surface area (Å²) in [6.07, 6.45) is 4.97. The molecule has 0 aliphatic carbocycles. The second-order valence-electron chi connectivity index (χ2n) is 6.08. The summed E-state index contributed by atoms with van der Waals surface area (Å²) in [6, 6.07) is 21.3. The number of benzene rings is 2. The van der Waals surface area contributed by atoms with E-state index in [2.05, 4.69) is 47.4 Å². The Kier molecular flexibility index (Phi) is 4.89. The van der Waals surface area contributed by atoms with Crippen molar-refractivity contribution in [1.29, 1.82) is 0 Å². The van der Waals surface area contributed by atoms with E-state index in [0.29, 0.717) is 18.4 Å². The molecular formula is C20H23NO. The zero-order chi connectivity index (χ0) is 15.2. The highest BCUT2D eigenvalue weighted by molar-refractivity contribution is 5.77. The average Bonchev–Trinajstić information content (AvgIpc) is 2.57. The van der Waals surface area contributed by atoms with Crippen LogP contribution >= 0.6 is 0 Å². The van der Waals surface area contributed by atoms with Gasteiger partial charge in [0, 0.05) is 19.0 Å². The van der Waals surface area contributed by atoms with Gasteiger partial charge in [-0.2, -0.15) is 0 Å². The Labute approximate surface area is 132 Å². The molecule has 1 unspecified atom stereocenters. The maximum absolute atomic E-state index is 12.3. The van der Waals surface area contributed by atoms with Crippen molar-refractivity contribution < 1.29 is 4.79 Å². The summed E-state index contributed by atoms with van der Waals surface area (Å²) < 4.78 is 0. The number of carbonyl (C=O) groups excluding carboxylic acids is 1. The number of hydrogen-bond donors (Lipinski definition) is 0. The molecule has 2 nitrogen and oxygen atoms in total. The van der Waals surface area contributed by atoms with Crippen molar-refractivity contribution in [3.63, 3.8) is 0 Å². The number of likely N-dealkylation sites (tertiary alicyclic amines) is 1. The number of nitrogens with zero attached hydrogens (tertiary/aromatic N) is 1. The minimum atomic E-state index is 0.313. The summed E-state index contributed by atoms with van der Waals surface area (Å²) in [5.41, 5.74) is 2.59. The molecule has 2 aromatic rings. The molecule has 2 aromatic carbocycles. The van der Waals surface area contributed by atoms with E-state index in [1.165, 1.54) is 11.1 Å². The number of piperidine rings is 1. The van der Waals surface area contributed by atoms with Gasteiger partial charge in [-0.25, -0.2) is 0 Å². The summed E-state index contributed by atoms with van der Waals surface area (Å²) in [5.74, 6) is 0.313. The molecule has 1 amide bonds. The number of carbonyl (C=O) groups is 1. The molecule has 2 heteroatoms. The molecule has 1 aliphatic rings. The maximum Gasteiger partial charge on any atom is 0.223 e. The minimum Gasteiger partial charge on any atom is -0.335 e. The van der Waals surface area contributed by atoms with Gasteiger partial charge in [-0.15, -0.1) is 0 Å². The van der Waals surface area contributed by atoms with Crippen molar-refractivity contribution in [2.45, 2.75) is 44.7 Å². The van der Waals surface area contributed by atoms with Gasteiger partial charge in [-0.3, -0.25) is 4.79 Å². The van der Waals surface area contributed by atoms with Crippen LogP contribution in [0.25, 0.3) is 0 Å². The lowest BCUT2D eigenvalue weighted by Crippen LogP contribution is -2.43. The number of aryl methyl sites for hydroxylation is 1. The topological polar surface area (TPSA) is 20.3 Å². The Morgan fingerprint density at radius 3 is 2.23 bits per heavy atom. The standard InChI is InChI=1S/C20H23NO/c22-20-13-7-12-19(15-14-17-8-3-1-4-9-17)21(20)16-18-10-5-2-6-11-18/h1-6,8-11,19H,7,12-16H2. The molecular weight excluding hydrogens is 270 g/mol. The Bertz CT molecular complexity index is 594. The van der Waals surface area contributed by atoms with Gasteiger partial charge in [0.15, 0.2) is 0 Å². The summed E-state index contributed by atoms with van der Waals surface area (Å²) in [5, 5.41) is 0. The van der Waals surface area contributed by atoms with E-state index in [1.807, 2.05) is 18.2 Å². The fourth-order valence-electron chi connectivity index (χ4n) is 3.27. The number of amides is 1. The highest BCUT2D eigenvalue weighted by Gasteiger charge is 2.27. The van der Waals surface area contributed by atoms with Crippen LogP contribution < -0.4 is 0 Å².